The summed E-state index contributed by atoms with van der Waals surface area (Å²) < 4.78 is 51.0. The van der Waals surface area contributed by atoms with Gasteiger partial charge >= 0.3 is 66.9 Å². The van der Waals surface area contributed by atoms with Crippen molar-refractivity contribution in [2.75, 3.05) is 12.3 Å². The molecule has 18 nitrogen and oxygen atoms in total. The molecule has 0 amide bonds. The standard InChI is InChI=1S/C10H16N5O13P3.2Na/c11-8-5-9(13-2-12-8)15(3-14-5)10-7(17)6(16)4(26-10)1-25-30(21,22)28-31(23,24)27-29(18,19)20;;/h2-4,6-7,10,16-17H,1H2,(H,21,22)(H,23,24)(H2,11,12,13)(H2,18,19,20);;/q;2*+1/p-2/t4-,6-,7-,10+;;/m1../s1. The third kappa shape index (κ3) is 8.06. The largest absolute Gasteiger partial charge is 1.00 e. The Morgan fingerprint density at radius 2 is 1.73 bits per heavy atom. The number of rotatable bonds is 8. The van der Waals surface area contributed by atoms with Crippen LogP contribution in [0, 0.1) is 0 Å². The van der Waals surface area contributed by atoms with Gasteiger partial charge < -0.3 is 44.8 Å². The number of fused-ring (bicyclic) bond motifs is 1. The Labute approximate surface area is 228 Å². The second kappa shape index (κ2) is 11.8. The van der Waals surface area contributed by atoms with Crippen LogP contribution in [0.2, 0.25) is 0 Å². The SMILES string of the molecule is Nc1ncnc2c1ncn2[C@H]1O[C@H](COP(=O)([O-])OP(=O)(O)OP(=O)([O-])O)[C@@H](O)[C@H]1O.[Na+].[Na+]. The third-order valence-electron chi connectivity index (χ3n) is 3.80. The van der Waals surface area contributed by atoms with Gasteiger partial charge in [0.05, 0.1) is 12.9 Å². The van der Waals surface area contributed by atoms with Crippen molar-refractivity contribution in [3.05, 3.63) is 12.7 Å². The van der Waals surface area contributed by atoms with Crippen LogP contribution in [-0.4, -0.2) is 64.4 Å². The molecule has 0 radical (unpaired) electrons. The van der Waals surface area contributed by atoms with E-state index >= 15 is 0 Å². The minimum atomic E-state index is -5.83. The summed E-state index contributed by atoms with van der Waals surface area (Å²) >= 11 is 0. The van der Waals surface area contributed by atoms with Crippen molar-refractivity contribution in [3.63, 3.8) is 0 Å². The molecule has 1 saturated heterocycles. The van der Waals surface area contributed by atoms with E-state index in [4.69, 9.17) is 20.3 Å². The molecule has 0 bridgehead atoms. The minimum Gasteiger partial charge on any atom is -0.756 e. The van der Waals surface area contributed by atoms with Gasteiger partial charge in [-0.05, 0) is 0 Å². The molecule has 0 aromatic carbocycles. The topological polar surface area (TPSA) is 285 Å². The zero-order valence-electron chi connectivity index (χ0n) is 16.8. The van der Waals surface area contributed by atoms with Crippen molar-refractivity contribution < 1.29 is 120 Å². The molecular formula is C10H14N5Na2O13P3. The number of aliphatic hydroxyl groups is 2. The second-order valence-corrected chi connectivity index (χ2v) is 10.3. The Hall–Kier alpha value is 0.640. The van der Waals surface area contributed by atoms with E-state index in [9.17, 15) is 33.7 Å². The number of aliphatic hydroxyl groups excluding tert-OH is 2. The van der Waals surface area contributed by atoms with Gasteiger partial charge in [0.1, 0.15) is 30.2 Å². The number of nitrogens with two attached hydrogens (primary N) is 1. The molecule has 33 heavy (non-hydrogen) atoms. The van der Waals surface area contributed by atoms with Crippen LogP contribution in [0.1, 0.15) is 6.23 Å². The summed E-state index contributed by atoms with van der Waals surface area (Å²) in [6.45, 7) is -1.03. The maximum atomic E-state index is 11.7. The number of imidazole rings is 1. The Balaban J connectivity index is 0.00000272. The van der Waals surface area contributed by atoms with Crippen LogP contribution >= 0.6 is 23.5 Å². The van der Waals surface area contributed by atoms with Gasteiger partial charge in [0.2, 0.25) is 0 Å². The van der Waals surface area contributed by atoms with Gasteiger partial charge in [0.25, 0.3) is 15.6 Å². The first-order chi connectivity index (χ1) is 14.2. The van der Waals surface area contributed by atoms with Crippen LogP contribution in [0.15, 0.2) is 12.7 Å². The first-order valence-electron chi connectivity index (χ1n) is 7.88. The zero-order chi connectivity index (χ0) is 23.2. The summed E-state index contributed by atoms with van der Waals surface area (Å²) in [7, 11) is -17.4. The quantitative estimate of drug-likeness (QED) is 0.150. The third-order valence-corrected chi connectivity index (χ3v) is 7.55. The average Bonchev–Trinajstić information content (AvgIpc) is 3.13. The van der Waals surface area contributed by atoms with E-state index in [0.717, 1.165) is 6.33 Å². The van der Waals surface area contributed by atoms with E-state index in [0.29, 0.717) is 0 Å². The van der Waals surface area contributed by atoms with Crippen LogP contribution in [0.4, 0.5) is 5.82 Å². The van der Waals surface area contributed by atoms with E-state index in [-0.39, 0.29) is 76.1 Å². The number of aromatic nitrogens is 4. The predicted molar refractivity (Wildman–Crippen MR) is 91.0 cm³/mol. The molecule has 23 heteroatoms. The molecule has 174 valence electrons. The van der Waals surface area contributed by atoms with Gasteiger partial charge in [-0.2, -0.15) is 0 Å². The number of ether oxygens (including phenoxy) is 1. The fourth-order valence-corrected chi connectivity index (χ4v) is 5.57. The fraction of sp³-hybridized carbons (Fsp3) is 0.500. The number of nitrogen functional groups attached to an aromatic ring is 1. The van der Waals surface area contributed by atoms with Gasteiger partial charge in [-0.3, -0.25) is 13.7 Å². The maximum absolute atomic E-state index is 11.7. The average molecular weight is 551 g/mol. The second-order valence-electron chi connectivity index (χ2n) is 5.97. The maximum Gasteiger partial charge on any atom is 1.00 e. The minimum absolute atomic E-state index is 0. The van der Waals surface area contributed by atoms with Gasteiger partial charge in [0, 0.05) is 0 Å². The normalized spacial score (nSPS) is 28.2. The molecule has 0 spiro atoms. The molecule has 3 rings (SSSR count). The number of anilines is 1. The summed E-state index contributed by atoms with van der Waals surface area (Å²) in [4.78, 5) is 51.1. The van der Waals surface area contributed by atoms with Gasteiger partial charge in [-0.25, -0.2) is 28.1 Å². The number of hydrogen-bond donors (Lipinski definition) is 5. The molecule has 2 aromatic heterocycles. The van der Waals surface area contributed by atoms with E-state index in [1.165, 1.54) is 10.9 Å². The number of phosphoric ester groups is 1. The van der Waals surface area contributed by atoms with Crippen LogP contribution in [0.5, 0.6) is 0 Å². The van der Waals surface area contributed by atoms with Crippen LogP contribution in [0.3, 0.4) is 0 Å². The first-order valence-corrected chi connectivity index (χ1v) is 12.3. The summed E-state index contributed by atoms with van der Waals surface area (Å²) in [6.07, 6.45) is -3.87. The van der Waals surface area contributed by atoms with E-state index < -0.39 is 54.6 Å². The summed E-state index contributed by atoms with van der Waals surface area (Å²) in [5.41, 5.74) is 5.96. The Morgan fingerprint density at radius 1 is 1.09 bits per heavy atom. The molecule has 0 saturated carbocycles. The summed E-state index contributed by atoms with van der Waals surface area (Å²) in [6, 6.07) is 0. The van der Waals surface area contributed by atoms with Gasteiger partial charge in [-0.15, -0.1) is 0 Å². The van der Waals surface area contributed by atoms with Crippen LogP contribution in [-0.2, 0) is 31.6 Å². The molecule has 7 atom stereocenters. The molecule has 1 fully saturated rings. The van der Waals surface area contributed by atoms with Crippen molar-refractivity contribution in [1.29, 1.82) is 0 Å². The smallest absolute Gasteiger partial charge is 0.756 e. The Kier molecular flexibility index (Phi) is 11.3. The summed E-state index contributed by atoms with van der Waals surface area (Å²) in [5.74, 6) is 0.0299. The molecule has 3 heterocycles. The molecule has 1 aliphatic rings. The van der Waals surface area contributed by atoms with Crippen molar-refractivity contribution in [1.82, 2.24) is 19.5 Å². The van der Waals surface area contributed by atoms with Crippen molar-refractivity contribution in [2.45, 2.75) is 24.5 Å². The predicted octanol–water partition coefficient (Wildman–Crippen LogP) is -8.89. The molecule has 6 N–H and O–H groups in total. The molecule has 3 unspecified atom stereocenters. The number of hydrogen-bond acceptors (Lipinski definition) is 15. The number of phosphoric acid groups is 3. The van der Waals surface area contributed by atoms with Crippen molar-refractivity contribution in [3.8, 4) is 0 Å². The summed E-state index contributed by atoms with van der Waals surface area (Å²) in [5, 5.41) is 20.4. The molecule has 0 aliphatic carbocycles. The van der Waals surface area contributed by atoms with E-state index in [1.54, 1.807) is 0 Å². The van der Waals surface area contributed by atoms with Crippen molar-refractivity contribution in [2.24, 2.45) is 0 Å². The van der Waals surface area contributed by atoms with Crippen LogP contribution in [0.25, 0.3) is 11.2 Å². The van der Waals surface area contributed by atoms with Gasteiger partial charge in [0.15, 0.2) is 17.7 Å². The van der Waals surface area contributed by atoms with Gasteiger partial charge in [-0.1, -0.05) is 0 Å². The first kappa shape index (κ1) is 31.7. The number of nitrogens with zero attached hydrogens (tertiary/aromatic N) is 4. The van der Waals surface area contributed by atoms with E-state index in [2.05, 4.69) is 28.1 Å². The molecular weight excluding hydrogens is 537 g/mol. The molecule has 1 aliphatic heterocycles. The van der Waals surface area contributed by atoms with Crippen molar-refractivity contribution >= 4 is 40.4 Å². The zero-order valence-corrected chi connectivity index (χ0v) is 23.5. The van der Waals surface area contributed by atoms with E-state index in [1.807, 2.05) is 0 Å². The fourth-order valence-electron chi connectivity index (χ4n) is 2.61. The van der Waals surface area contributed by atoms with Crippen LogP contribution < -0.4 is 74.6 Å². The monoisotopic (exact) mass is 551 g/mol. The Bertz CT molecular complexity index is 1120. The Morgan fingerprint density at radius 3 is 2.33 bits per heavy atom. The molecule has 2 aromatic rings.